The maximum Gasteiger partial charge on any atom is 0.254 e. The Morgan fingerprint density at radius 2 is 2.35 bits per heavy atom. The number of rotatable bonds is 4. The highest BCUT2D eigenvalue weighted by molar-refractivity contribution is 7.03. The van der Waals surface area contributed by atoms with Gasteiger partial charge in [-0.1, -0.05) is 0 Å². The quantitative estimate of drug-likeness (QED) is 0.923. The van der Waals surface area contributed by atoms with Crippen molar-refractivity contribution in [2.45, 2.75) is 39.2 Å². The Kier molecular flexibility index (Phi) is 3.77. The molecule has 106 valence electrons. The van der Waals surface area contributed by atoms with Crippen molar-refractivity contribution in [1.29, 1.82) is 0 Å². The average molecular weight is 291 g/mol. The third-order valence-electron chi connectivity index (χ3n) is 3.56. The van der Waals surface area contributed by atoms with Crippen molar-refractivity contribution in [2.75, 3.05) is 6.54 Å². The molecule has 3 heterocycles. The van der Waals surface area contributed by atoms with Crippen LogP contribution in [-0.4, -0.2) is 31.6 Å². The van der Waals surface area contributed by atoms with Crippen LogP contribution in [0.5, 0.6) is 0 Å². The summed E-state index contributed by atoms with van der Waals surface area (Å²) in [5, 5.41) is 13.1. The van der Waals surface area contributed by atoms with Crippen LogP contribution in [0.25, 0.3) is 0 Å². The third-order valence-corrected chi connectivity index (χ3v) is 4.29. The number of hydrogen-bond donors (Lipinski definition) is 1. The fourth-order valence-electron chi connectivity index (χ4n) is 2.45. The van der Waals surface area contributed by atoms with Gasteiger partial charge in [0.2, 0.25) is 0 Å². The second kappa shape index (κ2) is 5.70. The Bertz CT molecular complexity index is 618. The summed E-state index contributed by atoms with van der Waals surface area (Å²) in [6, 6.07) is 0. The fraction of sp³-hybridized carbons (Fsp3) is 0.538. The molecule has 7 heteroatoms. The van der Waals surface area contributed by atoms with Crippen molar-refractivity contribution in [3.8, 4) is 0 Å². The second-order valence-corrected chi connectivity index (χ2v) is 5.59. The van der Waals surface area contributed by atoms with E-state index in [9.17, 15) is 4.79 Å². The first-order valence-electron chi connectivity index (χ1n) is 6.86. The van der Waals surface area contributed by atoms with E-state index in [0.29, 0.717) is 12.1 Å². The normalized spacial score (nSPS) is 14.1. The zero-order chi connectivity index (χ0) is 13.9. The van der Waals surface area contributed by atoms with Crippen molar-refractivity contribution < 1.29 is 4.79 Å². The van der Waals surface area contributed by atoms with Crippen molar-refractivity contribution >= 4 is 17.4 Å². The summed E-state index contributed by atoms with van der Waals surface area (Å²) in [6.07, 6.45) is 4.11. The van der Waals surface area contributed by atoms with Gasteiger partial charge in [0.1, 0.15) is 11.6 Å². The summed E-state index contributed by atoms with van der Waals surface area (Å²) in [6.45, 7) is 3.42. The lowest BCUT2D eigenvalue weighted by Gasteiger charge is -2.14. The lowest BCUT2D eigenvalue weighted by molar-refractivity contribution is 0.0953. The number of nitrogens with zero attached hydrogens (tertiary/aromatic N) is 4. The molecule has 0 bridgehead atoms. The van der Waals surface area contributed by atoms with E-state index >= 15 is 0 Å². The maximum atomic E-state index is 12.0. The molecule has 1 N–H and O–H groups in total. The van der Waals surface area contributed by atoms with Gasteiger partial charge < -0.3 is 9.88 Å². The molecule has 0 aromatic carbocycles. The van der Waals surface area contributed by atoms with Crippen molar-refractivity contribution in [1.82, 2.24) is 24.5 Å². The molecular weight excluding hydrogens is 274 g/mol. The predicted octanol–water partition coefficient (Wildman–Crippen LogP) is 1.35. The summed E-state index contributed by atoms with van der Waals surface area (Å²) in [7, 11) is 0. The molecule has 0 aliphatic carbocycles. The number of aromatic nitrogens is 4. The zero-order valence-corrected chi connectivity index (χ0v) is 12.2. The van der Waals surface area contributed by atoms with Gasteiger partial charge in [-0.25, -0.2) is 0 Å². The molecule has 2 aromatic heterocycles. The number of fused-ring (bicyclic) bond motifs is 1. The molecule has 2 aromatic rings. The Balaban J connectivity index is 1.57. The summed E-state index contributed by atoms with van der Waals surface area (Å²) in [5.74, 6) is 1.99. The summed E-state index contributed by atoms with van der Waals surface area (Å²) >= 11 is 1.31. The Morgan fingerprint density at radius 3 is 3.15 bits per heavy atom. The first-order chi connectivity index (χ1) is 9.75. The molecule has 3 rings (SSSR count). The Hall–Kier alpha value is -1.76. The van der Waals surface area contributed by atoms with Gasteiger partial charge in [-0.2, -0.15) is 4.37 Å². The van der Waals surface area contributed by atoms with Gasteiger partial charge in [0.25, 0.3) is 5.91 Å². The molecule has 0 atom stereocenters. The molecule has 1 aliphatic rings. The van der Waals surface area contributed by atoms with E-state index in [1.807, 2.05) is 6.92 Å². The van der Waals surface area contributed by atoms with Crippen molar-refractivity contribution in [3.63, 3.8) is 0 Å². The van der Waals surface area contributed by atoms with E-state index in [-0.39, 0.29) is 5.91 Å². The molecule has 0 spiro atoms. The molecule has 0 saturated carbocycles. The highest BCUT2D eigenvalue weighted by Gasteiger charge is 2.16. The SMILES string of the molecule is Cc1nscc1C(=O)NCCc1nnc2n1CCCC2. The zero-order valence-electron chi connectivity index (χ0n) is 11.4. The maximum absolute atomic E-state index is 12.0. The van der Waals surface area contributed by atoms with Crippen LogP contribution in [-0.2, 0) is 19.4 Å². The Morgan fingerprint density at radius 1 is 1.45 bits per heavy atom. The van der Waals surface area contributed by atoms with Crippen molar-refractivity contribution in [3.05, 3.63) is 28.3 Å². The fourth-order valence-corrected chi connectivity index (χ4v) is 3.14. The van der Waals surface area contributed by atoms with Crippen LogP contribution in [0.1, 0.15) is 40.5 Å². The van der Waals surface area contributed by atoms with Crippen LogP contribution >= 0.6 is 11.5 Å². The van der Waals surface area contributed by atoms with Crippen LogP contribution in [0.3, 0.4) is 0 Å². The number of carbonyl (C=O) groups is 1. The minimum absolute atomic E-state index is 0.0605. The molecule has 1 amide bonds. The predicted molar refractivity (Wildman–Crippen MR) is 75.8 cm³/mol. The Labute approximate surface area is 121 Å². The molecule has 20 heavy (non-hydrogen) atoms. The first-order valence-corrected chi connectivity index (χ1v) is 7.69. The molecule has 0 fully saturated rings. The van der Waals surface area contributed by atoms with Gasteiger partial charge in [0.05, 0.1) is 11.3 Å². The smallest absolute Gasteiger partial charge is 0.254 e. The minimum atomic E-state index is -0.0605. The topological polar surface area (TPSA) is 72.7 Å². The number of aryl methyl sites for hydroxylation is 2. The van der Waals surface area contributed by atoms with Crippen LogP contribution < -0.4 is 5.32 Å². The molecule has 0 radical (unpaired) electrons. The van der Waals surface area contributed by atoms with E-state index in [4.69, 9.17) is 0 Å². The molecule has 0 saturated heterocycles. The van der Waals surface area contributed by atoms with Gasteiger partial charge in [-0.05, 0) is 31.3 Å². The van der Waals surface area contributed by atoms with Gasteiger partial charge in [-0.3, -0.25) is 4.79 Å². The van der Waals surface area contributed by atoms with E-state index < -0.39 is 0 Å². The summed E-state index contributed by atoms with van der Waals surface area (Å²) in [5.41, 5.74) is 1.45. The standard InChI is InChI=1S/C13H17N5OS/c1-9-10(8-20-17-9)13(19)14-6-5-12-16-15-11-4-2-3-7-18(11)12/h8H,2-7H2,1H3,(H,14,19). The van der Waals surface area contributed by atoms with Gasteiger partial charge in [0.15, 0.2) is 0 Å². The van der Waals surface area contributed by atoms with Crippen molar-refractivity contribution in [2.24, 2.45) is 0 Å². The monoisotopic (exact) mass is 291 g/mol. The lowest BCUT2D eigenvalue weighted by atomic mass is 10.1. The van der Waals surface area contributed by atoms with E-state index in [1.54, 1.807) is 5.38 Å². The number of nitrogens with one attached hydrogen (secondary N) is 1. The minimum Gasteiger partial charge on any atom is -0.352 e. The summed E-state index contributed by atoms with van der Waals surface area (Å²) in [4.78, 5) is 12.0. The van der Waals surface area contributed by atoms with E-state index in [2.05, 4.69) is 24.5 Å². The second-order valence-electron chi connectivity index (χ2n) is 4.96. The van der Waals surface area contributed by atoms with Crippen LogP contribution in [0.15, 0.2) is 5.38 Å². The highest BCUT2D eigenvalue weighted by atomic mass is 32.1. The van der Waals surface area contributed by atoms with Crippen LogP contribution in [0, 0.1) is 6.92 Å². The number of hydrogen-bond acceptors (Lipinski definition) is 5. The molecule has 1 aliphatic heterocycles. The van der Waals surface area contributed by atoms with E-state index in [0.717, 1.165) is 36.7 Å². The molecule has 0 unspecified atom stereocenters. The average Bonchev–Trinajstić information content (AvgIpc) is 3.05. The highest BCUT2D eigenvalue weighted by Crippen LogP contribution is 2.14. The molecule has 6 nitrogen and oxygen atoms in total. The lowest BCUT2D eigenvalue weighted by Crippen LogP contribution is -2.27. The van der Waals surface area contributed by atoms with Crippen LogP contribution in [0.4, 0.5) is 0 Å². The van der Waals surface area contributed by atoms with Gasteiger partial charge >= 0.3 is 0 Å². The third kappa shape index (κ3) is 2.58. The van der Waals surface area contributed by atoms with Crippen LogP contribution in [0.2, 0.25) is 0 Å². The summed E-state index contributed by atoms with van der Waals surface area (Å²) < 4.78 is 6.30. The number of carbonyl (C=O) groups excluding carboxylic acids is 1. The number of amides is 1. The first kappa shape index (κ1) is 13.2. The van der Waals surface area contributed by atoms with E-state index in [1.165, 1.54) is 24.4 Å². The van der Waals surface area contributed by atoms with Gasteiger partial charge in [-0.15, -0.1) is 10.2 Å². The molecular formula is C13H17N5OS. The largest absolute Gasteiger partial charge is 0.352 e. The van der Waals surface area contributed by atoms with Gasteiger partial charge in [0, 0.05) is 31.3 Å².